The van der Waals surface area contributed by atoms with Crippen LogP contribution in [0.3, 0.4) is 0 Å². The van der Waals surface area contributed by atoms with E-state index in [2.05, 4.69) is 9.58 Å². The normalized spacial score (nSPS) is 10.5. The van der Waals surface area contributed by atoms with Crippen LogP contribution in [0, 0.1) is 6.57 Å². The van der Waals surface area contributed by atoms with Crippen LogP contribution in [0.25, 0.3) is 10.5 Å². The minimum Gasteiger partial charge on any atom is -0.497 e. The number of carbonyl (C=O) groups excluding carboxylic acids is 1. The maximum Gasteiger partial charge on any atom is 0.308 e. The van der Waals surface area contributed by atoms with E-state index < -0.39 is 0 Å². The van der Waals surface area contributed by atoms with Crippen molar-refractivity contribution in [2.75, 3.05) is 14.2 Å². The number of benzene rings is 1. The molecular formula is C13H13NO3. The smallest absolute Gasteiger partial charge is 0.308 e. The fourth-order valence-electron chi connectivity index (χ4n) is 1.27. The van der Waals surface area contributed by atoms with E-state index in [1.807, 2.05) is 0 Å². The number of rotatable bonds is 4. The second kappa shape index (κ2) is 6.33. The van der Waals surface area contributed by atoms with Crippen LogP contribution < -0.4 is 4.74 Å². The van der Waals surface area contributed by atoms with Gasteiger partial charge in [-0.2, -0.15) is 0 Å². The van der Waals surface area contributed by atoms with Crippen LogP contribution in [-0.4, -0.2) is 20.2 Å². The zero-order valence-corrected chi connectivity index (χ0v) is 9.77. The van der Waals surface area contributed by atoms with E-state index in [0.717, 1.165) is 5.56 Å². The van der Waals surface area contributed by atoms with E-state index in [4.69, 9.17) is 11.3 Å². The van der Waals surface area contributed by atoms with Crippen molar-refractivity contribution in [3.8, 4) is 5.75 Å². The van der Waals surface area contributed by atoms with Gasteiger partial charge in [0.15, 0.2) is 5.70 Å². The van der Waals surface area contributed by atoms with Crippen molar-refractivity contribution in [1.29, 1.82) is 0 Å². The molecule has 1 aromatic rings. The highest BCUT2D eigenvalue weighted by molar-refractivity contribution is 5.78. The lowest BCUT2D eigenvalue weighted by atomic mass is 10.1. The van der Waals surface area contributed by atoms with Crippen LogP contribution >= 0.6 is 0 Å². The van der Waals surface area contributed by atoms with Gasteiger partial charge in [0, 0.05) is 0 Å². The Labute approximate surface area is 100 Å². The summed E-state index contributed by atoms with van der Waals surface area (Å²) in [5.74, 6) is 0.309. The van der Waals surface area contributed by atoms with Crippen molar-refractivity contribution in [3.63, 3.8) is 0 Å². The third-order valence-electron chi connectivity index (χ3n) is 2.18. The molecule has 0 amide bonds. The van der Waals surface area contributed by atoms with E-state index in [1.54, 1.807) is 37.5 Å². The zero-order valence-electron chi connectivity index (χ0n) is 9.77. The quantitative estimate of drug-likeness (QED) is 0.590. The average molecular weight is 231 g/mol. The molecule has 88 valence electrons. The SMILES string of the molecule is [C-]#[N+]/C(=C\CC(=O)OC)c1cccc(OC)c1. The Kier molecular flexibility index (Phi) is 4.77. The van der Waals surface area contributed by atoms with Crippen LogP contribution in [0.5, 0.6) is 5.75 Å². The third-order valence-corrected chi connectivity index (χ3v) is 2.18. The summed E-state index contributed by atoms with van der Waals surface area (Å²) in [6.07, 6.45) is 1.64. The Morgan fingerprint density at radius 1 is 1.47 bits per heavy atom. The molecule has 0 atom stereocenters. The molecule has 1 rings (SSSR count). The van der Waals surface area contributed by atoms with Crippen LogP contribution in [0.1, 0.15) is 12.0 Å². The van der Waals surface area contributed by atoms with Gasteiger partial charge in [-0.15, -0.1) is 0 Å². The summed E-state index contributed by atoms with van der Waals surface area (Å²) in [6, 6.07) is 7.14. The highest BCUT2D eigenvalue weighted by Crippen LogP contribution is 2.21. The second-order valence-electron chi connectivity index (χ2n) is 3.21. The molecule has 4 heteroatoms. The molecule has 0 unspecified atom stereocenters. The fraction of sp³-hybridized carbons (Fsp3) is 0.231. The molecule has 0 radical (unpaired) electrons. The predicted octanol–water partition coefficient (Wildman–Crippen LogP) is 2.52. The molecular weight excluding hydrogens is 218 g/mol. The summed E-state index contributed by atoms with van der Waals surface area (Å²) >= 11 is 0. The van der Waals surface area contributed by atoms with Gasteiger partial charge >= 0.3 is 5.97 Å². The first-order valence-electron chi connectivity index (χ1n) is 5.00. The Hall–Kier alpha value is -2.28. The van der Waals surface area contributed by atoms with Gasteiger partial charge in [-0.3, -0.25) is 4.79 Å². The van der Waals surface area contributed by atoms with E-state index in [1.165, 1.54) is 7.11 Å². The van der Waals surface area contributed by atoms with Gasteiger partial charge in [-0.1, -0.05) is 18.2 Å². The Morgan fingerprint density at radius 3 is 2.82 bits per heavy atom. The average Bonchev–Trinajstić information content (AvgIpc) is 2.39. The minimum atomic E-state index is -0.367. The van der Waals surface area contributed by atoms with Crippen LogP contribution in [0.15, 0.2) is 30.3 Å². The molecule has 0 heterocycles. The number of esters is 1. The topological polar surface area (TPSA) is 39.9 Å². The lowest BCUT2D eigenvalue weighted by Gasteiger charge is -2.03. The standard InChI is InChI=1S/C13H13NO3/c1-14-12(7-8-13(15)17-3)10-5-4-6-11(9-10)16-2/h4-7,9H,8H2,2-3H3/b12-7-. The Morgan fingerprint density at radius 2 is 2.24 bits per heavy atom. The number of carbonyl (C=O) groups is 1. The molecule has 4 nitrogen and oxygen atoms in total. The number of ether oxygens (including phenoxy) is 2. The zero-order chi connectivity index (χ0) is 12.7. The monoisotopic (exact) mass is 231 g/mol. The molecule has 0 fully saturated rings. The van der Waals surface area contributed by atoms with Gasteiger partial charge in [0.1, 0.15) is 5.75 Å². The van der Waals surface area contributed by atoms with Gasteiger partial charge in [-0.05, 0) is 17.7 Å². The molecule has 0 aliphatic heterocycles. The molecule has 0 aliphatic carbocycles. The molecule has 0 spiro atoms. The number of hydrogen-bond donors (Lipinski definition) is 0. The highest BCUT2D eigenvalue weighted by Gasteiger charge is 2.04. The van der Waals surface area contributed by atoms with Crippen molar-refractivity contribution < 1.29 is 14.3 Å². The maximum atomic E-state index is 11.0. The predicted molar refractivity (Wildman–Crippen MR) is 64.2 cm³/mol. The highest BCUT2D eigenvalue weighted by atomic mass is 16.5. The molecule has 0 aromatic heterocycles. The Bertz CT molecular complexity index is 472. The lowest BCUT2D eigenvalue weighted by molar-refractivity contribution is -0.139. The van der Waals surface area contributed by atoms with Crippen molar-refractivity contribution in [2.45, 2.75) is 6.42 Å². The first kappa shape index (κ1) is 12.8. The largest absolute Gasteiger partial charge is 0.497 e. The molecule has 0 saturated heterocycles. The maximum absolute atomic E-state index is 11.0. The minimum absolute atomic E-state index is 0.0887. The van der Waals surface area contributed by atoms with Crippen molar-refractivity contribution in [2.24, 2.45) is 0 Å². The first-order chi connectivity index (χ1) is 8.21. The van der Waals surface area contributed by atoms with Gasteiger partial charge in [0.25, 0.3) is 0 Å². The van der Waals surface area contributed by atoms with Gasteiger partial charge in [-0.25, -0.2) is 4.85 Å². The van der Waals surface area contributed by atoms with Gasteiger partial charge in [0.2, 0.25) is 0 Å². The fourth-order valence-corrected chi connectivity index (χ4v) is 1.27. The third kappa shape index (κ3) is 3.65. The van der Waals surface area contributed by atoms with E-state index in [0.29, 0.717) is 11.4 Å². The lowest BCUT2D eigenvalue weighted by Crippen LogP contribution is -1.97. The van der Waals surface area contributed by atoms with Crippen molar-refractivity contribution in [3.05, 3.63) is 47.3 Å². The number of methoxy groups -OCH3 is 2. The van der Waals surface area contributed by atoms with Crippen molar-refractivity contribution >= 4 is 11.7 Å². The summed E-state index contributed by atoms with van der Waals surface area (Å²) in [5, 5.41) is 0. The summed E-state index contributed by atoms with van der Waals surface area (Å²) in [4.78, 5) is 14.4. The summed E-state index contributed by atoms with van der Waals surface area (Å²) in [5.41, 5.74) is 1.14. The molecule has 17 heavy (non-hydrogen) atoms. The van der Waals surface area contributed by atoms with Crippen LogP contribution in [0.4, 0.5) is 0 Å². The van der Waals surface area contributed by atoms with Gasteiger partial charge in [0.05, 0.1) is 27.2 Å². The van der Waals surface area contributed by atoms with E-state index in [-0.39, 0.29) is 12.4 Å². The molecule has 1 aromatic carbocycles. The van der Waals surface area contributed by atoms with E-state index >= 15 is 0 Å². The first-order valence-corrected chi connectivity index (χ1v) is 5.00. The number of hydrogen-bond acceptors (Lipinski definition) is 3. The van der Waals surface area contributed by atoms with Crippen molar-refractivity contribution in [1.82, 2.24) is 0 Å². The Balaban J connectivity index is 2.94. The van der Waals surface area contributed by atoms with E-state index in [9.17, 15) is 4.79 Å². The molecule has 0 bridgehead atoms. The summed E-state index contributed by atoms with van der Waals surface area (Å²) in [6.45, 7) is 7.09. The van der Waals surface area contributed by atoms with Crippen LogP contribution in [0.2, 0.25) is 0 Å². The summed E-state index contributed by atoms with van der Waals surface area (Å²) in [7, 11) is 2.88. The molecule has 0 N–H and O–H groups in total. The summed E-state index contributed by atoms with van der Waals surface area (Å²) < 4.78 is 9.59. The van der Waals surface area contributed by atoms with Crippen LogP contribution in [-0.2, 0) is 9.53 Å². The number of nitrogens with zero attached hydrogens (tertiary/aromatic N) is 1. The second-order valence-corrected chi connectivity index (χ2v) is 3.21. The molecule has 0 aliphatic rings. The molecule has 0 saturated carbocycles. The van der Waals surface area contributed by atoms with Gasteiger partial charge < -0.3 is 9.47 Å².